The normalized spacial score (nSPS) is 10.7. The molecule has 0 atom stereocenters. The molecule has 0 aliphatic heterocycles. The van der Waals surface area contributed by atoms with Crippen molar-refractivity contribution in [2.45, 2.75) is 6.54 Å². The molecule has 2 aromatic heterocycles. The molecule has 4 nitrogen and oxygen atoms in total. The second-order valence-corrected chi connectivity index (χ2v) is 4.81. The highest BCUT2D eigenvalue weighted by molar-refractivity contribution is 6.30. The second kappa shape index (κ2) is 5.35. The van der Waals surface area contributed by atoms with E-state index in [4.69, 9.17) is 11.6 Å². The summed E-state index contributed by atoms with van der Waals surface area (Å²) in [7, 11) is 0. The Morgan fingerprint density at radius 3 is 2.90 bits per heavy atom. The van der Waals surface area contributed by atoms with Crippen LogP contribution in [0.1, 0.15) is 5.69 Å². The third kappa shape index (κ3) is 2.65. The maximum atomic E-state index is 11.9. The molecular formula is C15H12ClN3O. The highest BCUT2D eigenvalue weighted by Crippen LogP contribution is 2.15. The summed E-state index contributed by atoms with van der Waals surface area (Å²) in [6, 6.07) is 14.4. The Morgan fingerprint density at radius 1 is 1.15 bits per heavy atom. The van der Waals surface area contributed by atoms with E-state index in [1.165, 1.54) is 10.5 Å². The van der Waals surface area contributed by atoms with E-state index in [1.54, 1.807) is 12.3 Å². The van der Waals surface area contributed by atoms with Crippen LogP contribution >= 0.6 is 11.6 Å². The zero-order chi connectivity index (χ0) is 13.9. The van der Waals surface area contributed by atoms with Gasteiger partial charge in [-0.25, -0.2) is 4.98 Å². The molecule has 0 aliphatic rings. The molecule has 0 bridgehead atoms. The van der Waals surface area contributed by atoms with E-state index < -0.39 is 0 Å². The van der Waals surface area contributed by atoms with Crippen molar-refractivity contribution in [1.29, 1.82) is 0 Å². The molecule has 0 radical (unpaired) electrons. The van der Waals surface area contributed by atoms with Crippen molar-refractivity contribution >= 4 is 22.9 Å². The van der Waals surface area contributed by atoms with E-state index in [1.807, 2.05) is 36.4 Å². The van der Waals surface area contributed by atoms with Gasteiger partial charge in [0.1, 0.15) is 5.65 Å². The fourth-order valence-corrected chi connectivity index (χ4v) is 2.17. The van der Waals surface area contributed by atoms with Crippen molar-refractivity contribution < 1.29 is 0 Å². The van der Waals surface area contributed by atoms with Crippen LogP contribution in [0.4, 0.5) is 5.69 Å². The first-order valence-corrected chi connectivity index (χ1v) is 6.57. The van der Waals surface area contributed by atoms with Gasteiger partial charge in [0.15, 0.2) is 0 Å². The van der Waals surface area contributed by atoms with Crippen LogP contribution in [-0.4, -0.2) is 9.38 Å². The number of rotatable bonds is 3. The predicted molar refractivity (Wildman–Crippen MR) is 80.2 cm³/mol. The fraction of sp³-hybridized carbons (Fsp3) is 0.0667. The van der Waals surface area contributed by atoms with Gasteiger partial charge in [0.2, 0.25) is 0 Å². The molecule has 20 heavy (non-hydrogen) atoms. The Hall–Kier alpha value is -2.33. The number of pyridine rings is 1. The zero-order valence-electron chi connectivity index (χ0n) is 10.6. The fourth-order valence-electron chi connectivity index (χ4n) is 1.98. The highest BCUT2D eigenvalue weighted by Gasteiger charge is 2.02. The molecular weight excluding hydrogens is 274 g/mol. The third-order valence-corrected chi connectivity index (χ3v) is 3.16. The zero-order valence-corrected chi connectivity index (χ0v) is 11.3. The van der Waals surface area contributed by atoms with Crippen LogP contribution in [-0.2, 0) is 6.54 Å². The summed E-state index contributed by atoms with van der Waals surface area (Å²) in [4.78, 5) is 16.4. The van der Waals surface area contributed by atoms with Crippen LogP contribution in [0.25, 0.3) is 5.65 Å². The Morgan fingerprint density at radius 2 is 2.05 bits per heavy atom. The summed E-state index contributed by atoms with van der Waals surface area (Å²) in [5, 5.41) is 3.87. The topological polar surface area (TPSA) is 46.4 Å². The molecule has 0 amide bonds. The average Bonchev–Trinajstić information content (AvgIpc) is 2.45. The van der Waals surface area contributed by atoms with Crippen molar-refractivity contribution in [3.63, 3.8) is 0 Å². The first kappa shape index (κ1) is 12.7. The second-order valence-electron chi connectivity index (χ2n) is 4.38. The maximum absolute atomic E-state index is 11.9. The molecule has 0 saturated heterocycles. The minimum atomic E-state index is -0.0847. The number of halogens is 1. The van der Waals surface area contributed by atoms with Gasteiger partial charge < -0.3 is 5.32 Å². The molecule has 0 aliphatic carbocycles. The molecule has 0 unspecified atom stereocenters. The summed E-state index contributed by atoms with van der Waals surface area (Å²) in [6.07, 6.45) is 1.71. The van der Waals surface area contributed by atoms with Crippen molar-refractivity contribution in [3.05, 3.63) is 75.8 Å². The number of nitrogens with zero attached hydrogens (tertiary/aromatic N) is 2. The first-order chi connectivity index (χ1) is 9.72. The summed E-state index contributed by atoms with van der Waals surface area (Å²) in [5.74, 6) is 0. The molecule has 2 heterocycles. The standard InChI is InChI=1S/C15H12ClN3O/c16-11-4-3-5-12(8-11)17-10-13-9-15(20)19-7-2-1-6-14(19)18-13/h1-9,17H,10H2. The van der Waals surface area contributed by atoms with Gasteiger partial charge in [-0.1, -0.05) is 23.7 Å². The largest absolute Gasteiger partial charge is 0.379 e. The molecule has 0 spiro atoms. The van der Waals surface area contributed by atoms with Gasteiger partial charge in [0, 0.05) is 23.0 Å². The number of benzene rings is 1. The molecule has 1 N–H and O–H groups in total. The average molecular weight is 286 g/mol. The minimum absolute atomic E-state index is 0.0847. The van der Waals surface area contributed by atoms with E-state index in [9.17, 15) is 4.79 Å². The summed E-state index contributed by atoms with van der Waals surface area (Å²) in [5.41, 5.74) is 2.15. The lowest BCUT2D eigenvalue weighted by Gasteiger charge is -2.07. The highest BCUT2D eigenvalue weighted by atomic mass is 35.5. The van der Waals surface area contributed by atoms with Crippen LogP contribution in [0.2, 0.25) is 5.02 Å². The monoisotopic (exact) mass is 285 g/mol. The van der Waals surface area contributed by atoms with Gasteiger partial charge in [-0.15, -0.1) is 0 Å². The van der Waals surface area contributed by atoms with Crippen molar-refractivity contribution in [1.82, 2.24) is 9.38 Å². The number of hydrogen-bond acceptors (Lipinski definition) is 3. The van der Waals surface area contributed by atoms with Gasteiger partial charge >= 0.3 is 0 Å². The summed E-state index contributed by atoms with van der Waals surface area (Å²) < 4.78 is 1.52. The van der Waals surface area contributed by atoms with E-state index in [-0.39, 0.29) is 5.56 Å². The van der Waals surface area contributed by atoms with Gasteiger partial charge in [0.05, 0.1) is 12.2 Å². The van der Waals surface area contributed by atoms with Gasteiger partial charge in [-0.3, -0.25) is 9.20 Å². The Balaban J connectivity index is 1.86. The van der Waals surface area contributed by atoms with Gasteiger partial charge in [0.25, 0.3) is 5.56 Å². The van der Waals surface area contributed by atoms with Crippen molar-refractivity contribution in [2.75, 3.05) is 5.32 Å². The molecule has 0 saturated carbocycles. The minimum Gasteiger partial charge on any atom is -0.379 e. The third-order valence-electron chi connectivity index (χ3n) is 2.92. The molecule has 3 aromatic rings. The van der Waals surface area contributed by atoms with E-state index in [0.29, 0.717) is 22.9 Å². The summed E-state index contributed by atoms with van der Waals surface area (Å²) in [6.45, 7) is 0.473. The number of nitrogens with one attached hydrogen (secondary N) is 1. The van der Waals surface area contributed by atoms with Crippen LogP contribution in [0.3, 0.4) is 0 Å². The summed E-state index contributed by atoms with van der Waals surface area (Å²) >= 11 is 5.92. The van der Waals surface area contributed by atoms with Crippen molar-refractivity contribution in [2.24, 2.45) is 0 Å². The molecule has 5 heteroatoms. The quantitative estimate of drug-likeness (QED) is 0.805. The Kier molecular flexibility index (Phi) is 3.39. The lowest BCUT2D eigenvalue weighted by Crippen LogP contribution is -2.16. The van der Waals surface area contributed by atoms with E-state index in [2.05, 4.69) is 10.3 Å². The van der Waals surface area contributed by atoms with Gasteiger partial charge in [-0.2, -0.15) is 0 Å². The molecule has 0 fully saturated rings. The SMILES string of the molecule is O=c1cc(CNc2cccc(Cl)c2)nc2ccccn12. The predicted octanol–water partition coefficient (Wildman–Crippen LogP) is 2.96. The van der Waals surface area contributed by atoms with Crippen LogP contribution in [0.15, 0.2) is 59.5 Å². The first-order valence-electron chi connectivity index (χ1n) is 6.19. The van der Waals surface area contributed by atoms with Gasteiger partial charge in [-0.05, 0) is 30.3 Å². The Bertz CT molecular complexity index is 813. The number of anilines is 1. The maximum Gasteiger partial charge on any atom is 0.258 e. The van der Waals surface area contributed by atoms with Crippen LogP contribution in [0.5, 0.6) is 0 Å². The lowest BCUT2D eigenvalue weighted by atomic mass is 10.3. The number of aromatic nitrogens is 2. The smallest absolute Gasteiger partial charge is 0.258 e. The van der Waals surface area contributed by atoms with Crippen LogP contribution < -0.4 is 10.9 Å². The van der Waals surface area contributed by atoms with E-state index in [0.717, 1.165) is 5.69 Å². The molecule has 1 aromatic carbocycles. The van der Waals surface area contributed by atoms with Crippen LogP contribution in [0, 0.1) is 0 Å². The molecule has 100 valence electrons. The number of fused-ring (bicyclic) bond motifs is 1. The van der Waals surface area contributed by atoms with Crippen molar-refractivity contribution in [3.8, 4) is 0 Å². The number of hydrogen-bond donors (Lipinski definition) is 1. The lowest BCUT2D eigenvalue weighted by molar-refractivity contribution is 0.971. The van der Waals surface area contributed by atoms with E-state index >= 15 is 0 Å². The molecule has 3 rings (SSSR count). The Labute approximate surface area is 120 Å².